The van der Waals surface area contributed by atoms with Gasteiger partial charge in [0.05, 0.1) is 23.6 Å². The van der Waals surface area contributed by atoms with Crippen molar-refractivity contribution < 1.29 is 23.4 Å². The van der Waals surface area contributed by atoms with Crippen LogP contribution < -0.4 is 4.74 Å². The molecule has 216 valence electrons. The second kappa shape index (κ2) is 13.3. The molecule has 1 saturated carbocycles. The molecular weight excluding hydrogens is 516 g/mol. The zero-order valence-electron chi connectivity index (χ0n) is 23.7. The first-order valence-electron chi connectivity index (χ1n) is 14.0. The average Bonchev–Trinajstić information content (AvgIpc) is 3.65. The van der Waals surface area contributed by atoms with Gasteiger partial charge in [-0.05, 0) is 50.4 Å². The van der Waals surface area contributed by atoms with Crippen LogP contribution in [-0.4, -0.2) is 75.2 Å². The molecule has 10 heteroatoms. The van der Waals surface area contributed by atoms with Gasteiger partial charge in [0.25, 0.3) is 6.36 Å². The Hall–Kier alpha value is -3.37. The Morgan fingerprint density at radius 2 is 2.00 bits per heavy atom. The number of aldehydes is 1. The number of rotatable bonds is 13. The molecule has 3 heterocycles. The van der Waals surface area contributed by atoms with E-state index < -0.39 is 13.0 Å². The number of hydrogen-bond donors (Lipinski definition) is 1. The molecule has 3 aromatic heterocycles. The van der Waals surface area contributed by atoms with Gasteiger partial charge in [-0.2, -0.15) is 4.39 Å². The normalized spacial score (nSPS) is 14.0. The lowest BCUT2D eigenvalue weighted by molar-refractivity contribution is 0.0145. The van der Waals surface area contributed by atoms with E-state index in [0.29, 0.717) is 65.8 Å². The van der Waals surface area contributed by atoms with E-state index in [1.165, 1.54) is 0 Å². The molecule has 5 rings (SSSR count). The molecule has 0 radical (unpaired) electrons. The molecule has 1 aromatic carbocycles. The first-order chi connectivity index (χ1) is 19.4. The summed E-state index contributed by atoms with van der Waals surface area (Å²) in [5.74, 6) is 1.57. The summed E-state index contributed by atoms with van der Waals surface area (Å²) in [6, 6.07) is 9.24. The maximum atomic E-state index is 14.0. The highest BCUT2D eigenvalue weighted by atomic mass is 19.1. The monoisotopic (exact) mass is 555 g/mol. The third-order valence-corrected chi connectivity index (χ3v) is 7.14. The fraction of sp³-hybridized carbons (Fsp3) is 0.500. The van der Waals surface area contributed by atoms with E-state index in [9.17, 15) is 18.7 Å². The van der Waals surface area contributed by atoms with Crippen LogP contribution in [-0.2, 0) is 20.0 Å². The number of carbonyl (C=O) groups excluding carboxylic acids is 1. The van der Waals surface area contributed by atoms with Crippen LogP contribution in [0.1, 0.15) is 49.2 Å². The van der Waals surface area contributed by atoms with Gasteiger partial charge in [-0.1, -0.05) is 26.0 Å². The molecule has 0 spiro atoms. The lowest BCUT2D eigenvalue weighted by atomic mass is 10.1. The minimum absolute atomic E-state index is 0.354. The van der Waals surface area contributed by atoms with E-state index >= 15 is 0 Å². The summed E-state index contributed by atoms with van der Waals surface area (Å²) in [4.78, 5) is 23.6. The molecule has 1 aliphatic carbocycles. The Balaban J connectivity index is 0.00000181. The molecule has 1 fully saturated rings. The summed E-state index contributed by atoms with van der Waals surface area (Å²) >= 11 is 0. The van der Waals surface area contributed by atoms with Gasteiger partial charge in [-0.25, -0.2) is 9.97 Å². The Labute approximate surface area is 233 Å². The molecule has 0 aliphatic heterocycles. The second-order valence-electron chi connectivity index (χ2n) is 10.1. The minimum atomic E-state index is -1.82. The van der Waals surface area contributed by atoms with Crippen molar-refractivity contribution in [2.75, 3.05) is 33.4 Å². The summed E-state index contributed by atoms with van der Waals surface area (Å²) in [5, 5.41) is 10.1. The van der Waals surface area contributed by atoms with Crippen molar-refractivity contribution in [1.29, 1.82) is 0 Å². The number of nitrogens with zero attached hydrogens (tertiary/aromatic N) is 5. The second-order valence-corrected chi connectivity index (χ2v) is 10.1. The van der Waals surface area contributed by atoms with Gasteiger partial charge in [0, 0.05) is 44.1 Å². The van der Waals surface area contributed by atoms with Gasteiger partial charge < -0.3 is 23.9 Å². The quantitative estimate of drug-likeness (QED) is 0.224. The summed E-state index contributed by atoms with van der Waals surface area (Å²) in [6.07, 6.45) is 2.28. The zero-order chi connectivity index (χ0) is 28.8. The van der Waals surface area contributed by atoms with Crippen LogP contribution >= 0.6 is 0 Å². The van der Waals surface area contributed by atoms with Crippen LogP contribution in [0.2, 0.25) is 0 Å². The van der Waals surface area contributed by atoms with E-state index in [0.717, 1.165) is 42.3 Å². The van der Waals surface area contributed by atoms with Crippen molar-refractivity contribution in [3.63, 3.8) is 0 Å². The highest BCUT2D eigenvalue weighted by Gasteiger charge is 2.27. The molecule has 0 saturated heterocycles. The van der Waals surface area contributed by atoms with Crippen LogP contribution in [0.5, 0.6) is 5.75 Å². The van der Waals surface area contributed by atoms with E-state index in [2.05, 4.69) is 4.57 Å². The number of likely N-dealkylation sites (N-methyl/N-ethyl adjacent to an activating group) is 1. The number of carbonyl (C=O) groups is 1. The highest BCUT2D eigenvalue weighted by molar-refractivity contribution is 5.92. The number of imidazole rings is 1. The number of aliphatic hydroxyl groups is 1. The van der Waals surface area contributed by atoms with Gasteiger partial charge in [0.15, 0.2) is 17.8 Å². The summed E-state index contributed by atoms with van der Waals surface area (Å²) in [5.41, 5.74) is 4.06. The predicted molar refractivity (Wildman–Crippen MR) is 153 cm³/mol. The minimum Gasteiger partial charge on any atom is -0.456 e. The van der Waals surface area contributed by atoms with Crippen LogP contribution in [0.15, 0.2) is 30.3 Å². The third kappa shape index (κ3) is 6.33. The fourth-order valence-corrected chi connectivity index (χ4v) is 4.93. The molecule has 1 atom stereocenters. The number of ether oxygens (including phenoxy) is 1. The molecule has 40 heavy (non-hydrogen) atoms. The maximum absolute atomic E-state index is 14.0. The summed E-state index contributed by atoms with van der Waals surface area (Å²) < 4.78 is 36.0. The molecule has 1 N–H and O–H groups in total. The van der Waals surface area contributed by atoms with E-state index in [1.807, 2.05) is 49.5 Å². The number of pyridine rings is 1. The number of halogens is 2. The maximum Gasteiger partial charge on any atom is 0.261 e. The van der Waals surface area contributed by atoms with Crippen LogP contribution in [0, 0.1) is 5.92 Å². The summed E-state index contributed by atoms with van der Waals surface area (Å²) in [7, 11) is 3.83. The zero-order valence-corrected chi connectivity index (χ0v) is 23.7. The number of fused-ring (bicyclic) bond motifs is 2. The van der Waals surface area contributed by atoms with Crippen LogP contribution in [0.25, 0.3) is 33.6 Å². The summed E-state index contributed by atoms with van der Waals surface area (Å²) in [6.45, 7) is 4.96. The molecule has 0 amide bonds. The molecule has 8 nitrogen and oxygen atoms in total. The van der Waals surface area contributed by atoms with E-state index in [1.54, 1.807) is 18.2 Å². The molecule has 0 bridgehead atoms. The van der Waals surface area contributed by atoms with E-state index in [4.69, 9.17) is 14.7 Å². The lowest BCUT2D eigenvalue weighted by Gasteiger charge is -2.16. The fourth-order valence-electron chi connectivity index (χ4n) is 4.93. The van der Waals surface area contributed by atoms with Gasteiger partial charge in [0.1, 0.15) is 17.9 Å². The lowest BCUT2D eigenvalue weighted by Crippen LogP contribution is -2.23. The van der Waals surface area contributed by atoms with Crippen LogP contribution in [0.4, 0.5) is 8.78 Å². The van der Waals surface area contributed by atoms with Gasteiger partial charge in [0.2, 0.25) is 0 Å². The smallest absolute Gasteiger partial charge is 0.261 e. The Morgan fingerprint density at radius 1 is 1.23 bits per heavy atom. The van der Waals surface area contributed by atoms with Gasteiger partial charge in [-0.3, -0.25) is 9.18 Å². The van der Waals surface area contributed by atoms with Crippen molar-refractivity contribution in [3.05, 3.63) is 41.6 Å². The number of aryl methyl sites for hydroxylation is 1. The third-order valence-electron chi connectivity index (χ3n) is 7.14. The molecule has 1 unspecified atom stereocenters. The van der Waals surface area contributed by atoms with Crippen molar-refractivity contribution >= 4 is 28.4 Å². The molecular formula is C30H39F2N5O3. The topological polar surface area (TPSA) is 85.4 Å². The number of alkyl halides is 2. The molecule has 4 aromatic rings. The van der Waals surface area contributed by atoms with Crippen molar-refractivity contribution in [2.24, 2.45) is 13.0 Å². The number of aliphatic hydroxyl groups excluding tert-OH is 1. The number of hydrogen-bond acceptors (Lipinski definition) is 6. The number of aromatic nitrogens is 4. The van der Waals surface area contributed by atoms with E-state index in [-0.39, 0.29) is 6.67 Å². The standard InChI is InChI=1S/C28H33F2N5O3.C2H6/c1-33(11-4-10-29)12-9-21-20(16-36)13-22-27(31-21)34(2)28(32-22)23-14-19-5-3-6-24(38-25(30)17-37)26(19)35(23)15-18-7-8-18;1-2/h3,5-6,13-14,16,18,25,37H,4,7-12,15,17H2,1-2H3;1-2H3. The Morgan fingerprint density at radius 3 is 2.67 bits per heavy atom. The van der Waals surface area contributed by atoms with Crippen molar-refractivity contribution in [3.8, 4) is 17.3 Å². The largest absolute Gasteiger partial charge is 0.456 e. The Bertz CT molecular complexity index is 1450. The van der Waals surface area contributed by atoms with Gasteiger partial charge >= 0.3 is 0 Å². The van der Waals surface area contributed by atoms with Gasteiger partial charge in [-0.15, -0.1) is 0 Å². The first kappa shape index (κ1) is 29.6. The molecule has 1 aliphatic rings. The Kier molecular flexibility index (Phi) is 9.86. The average molecular weight is 556 g/mol. The highest BCUT2D eigenvalue weighted by Crippen LogP contribution is 2.39. The predicted octanol–water partition coefficient (Wildman–Crippen LogP) is 5.34. The first-order valence-corrected chi connectivity index (χ1v) is 14.0. The van der Waals surface area contributed by atoms with Crippen molar-refractivity contribution in [1.82, 2.24) is 24.0 Å². The number of benzene rings is 1. The SMILES string of the molecule is CC.CN(CCCF)CCc1nc2c(cc1C=O)nc(-c1cc3cccc(OC(F)CO)c3n1CC1CC1)n2C. The number of para-hydroxylation sites is 1. The van der Waals surface area contributed by atoms with Crippen LogP contribution in [0.3, 0.4) is 0 Å². The van der Waals surface area contributed by atoms with Crippen molar-refractivity contribution in [2.45, 2.75) is 52.4 Å².